The summed E-state index contributed by atoms with van der Waals surface area (Å²) in [5.74, 6) is 1.31. The summed E-state index contributed by atoms with van der Waals surface area (Å²) < 4.78 is 23.3. The SMILES string of the molecule is CN(C)C(=O)C1CCC(c2nccc3cnc(Nc4ccc(S(C)(=O)=O)cc4)cc23)CC1. The Morgan fingerprint density at radius 2 is 1.72 bits per heavy atom. The van der Waals surface area contributed by atoms with Crippen molar-refractivity contribution in [3.63, 3.8) is 0 Å². The third-order valence-electron chi connectivity index (χ3n) is 6.14. The van der Waals surface area contributed by atoms with Crippen molar-refractivity contribution in [1.29, 1.82) is 0 Å². The highest BCUT2D eigenvalue weighted by Gasteiger charge is 2.29. The van der Waals surface area contributed by atoms with Crippen LogP contribution in [0.15, 0.2) is 53.7 Å². The van der Waals surface area contributed by atoms with E-state index in [-0.39, 0.29) is 16.7 Å². The smallest absolute Gasteiger partial charge is 0.225 e. The standard InChI is InChI=1S/C24H28N4O3S/c1-28(2)24(29)17-6-4-16(5-7-17)23-21-14-22(26-15-18(21)12-13-25-23)27-19-8-10-20(11-9-19)32(3,30)31/h8-17H,4-7H2,1-3H3,(H,26,27). The first-order chi connectivity index (χ1) is 15.2. The number of nitrogens with zero attached hydrogens (tertiary/aromatic N) is 3. The summed E-state index contributed by atoms with van der Waals surface area (Å²) >= 11 is 0. The molecule has 2 aromatic heterocycles. The summed E-state index contributed by atoms with van der Waals surface area (Å²) in [6.07, 6.45) is 8.48. The van der Waals surface area contributed by atoms with Gasteiger partial charge >= 0.3 is 0 Å². The fourth-order valence-electron chi connectivity index (χ4n) is 4.39. The predicted molar refractivity (Wildman–Crippen MR) is 126 cm³/mol. The van der Waals surface area contributed by atoms with Gasteiger partial charge in [-0.1, -0.05) is 0 Å². The Balaban J connectivity index is 1.56. The van der Waals surface area contributed by atoms with Crippen LogP contribution in [0, 0.1) is 5.92 Å². The Morgan fingerprint density at radius 1 is 1.03 bits per heavy atom. The number of pyridine rings is 2. The monoisotopic (exact) mass is 452 g/mol. The normalized spacial score (nSPS) is 19.0. The lowest BCUT2D eigenvalue weighted by molar-refractivity contribution is -0.134. The zero-order valence-electron chi connectivity index (χ0n) is 18.6. The van der Waals surface area contributed by atoms with Gasteiger partial charge in [0, 0.05) is 61.0 Å². The van der Waals surface area contributed by atoms with Gasteiger partial charge in [-0.25, -0.2) is 13.4 Å². The molecule has 1 aliphatic carbocycles. The second-order valence-corrected chi connectivity index (χ2v) is 10.7. The second kappa shape index (κ2) is 8.86. The second-order valence-electron chi connectivity index (χ2n) is 8.69. The minimum atomic E-state index is -3.23. The molecule has 1 aromatic carbocycles. The molecule has 0 aliphatic heterocycles. The number of carbonyl (C=O) groups excluding carboxylic acids is 1. The van der Waals surface area contributed by atoms with Crippen molar-refractivity contribution in [2.24, 2.45) is 5.92 Å². The van der Waals surface area contributed by atoms with Gasteiger partial charge in [0.15, 0.2) is 9.84 Å². The van der Waals surface area contributed by atoms with Crippen molar-refractivity contribution < 1.29 is 13.2 Å². The molecule has 1 aliphatic rings. The zero-order valence-corrected chi connectivity index (χ0v) is 19.4. The number of sulfone groups is 1. The van der Waals surface area contributed by atoms with Crippen LogP contribution in [-0.4, -0.2) is 49.5 Å². The van der Waals surface area contributed by atoms with E-state index >= 15 is 0 Å². The molecule has 1 fully saturated rings. The molecule has 3 aromatic rings. The molecular weight excluding hydrogens is 424 g/mol. The number of benzene rings is 1. The molecule has 4 rings (SSSR count). The molecule has 0 saturated heterocycles. The van der Waals surface area contributed by atoms with Crippen LogP contribution in [-0.2, 0) is 14.6 Å². The van der Waals surface area contributed by atoms with Crippen molar-refractivity contribution in [2.45, 2.75) is 36.5 Å². The van der Waals surface area contributed by atoms with Gasteiger partial charge in [-0.3, -0.25) is 9.78 Å². The maximum absolute atomic E-state index is 12.3. The number of fused-ring (bicyclic) bond motifs is 1. The largest absolute Gasteiger partial charge is 0.349 e. The third kappa shape index (κ3) is 4.75. The van der Waals surface area contributed by atoms with E-state index in [1.165, 1.54) is 6.26 Å². The number of anilines is 2. The molecular formula is C24H28N4O3S. The molecule has 7 nitrogen and oxygen atoms in total. The average Bonchev–Trinajstić information content (AvgIpc) is 2.78. The van der Waals surface area contributed by atoms with Crippen LogP contribution in [0.1, 0.15) is 37.3 Å². The predicted octanol–water partition coefficient (Wildman–Crippen LogP) is 4.14. The van der Waals surface area contributed by atoms with Crippen molar-refractivity contribution in [3.8, 4) is 0 Å². The van der Waals surface area contributed by atoms with E-state index in [2.05, 4.69) is 10.3 Å². The summed E-state index contributed by atoms with van der Waals surface area (Å²) in [6.45, 7) is 0. The summed E-state index contributed by atoms with van der Waals surface area (Å²) in [4.78, 5) is 23.5. The maximum atomic E-state index is 12.3. The van der Waals surface area contributed by atoms with Gasteiger partial charge in [0.1, 0.15) is 5.82 Å². The van der Waals surface area contributed by atoms with Gasteiger partial charge < -0.3 is 10.2 Å². The Kier molecular flexibility index (Phi) is 6.15. The van der Waals surface area contributed by atoms with Crippen LogP contribution in [0.3, 0.4) is 0 Å². The number of hydrogen-bond acceptors (Lipinski definition) is 6. The Morgan fingerprint density at radius 3 is 2.34 bits per heavy atom. The van der Waals surface area contributed by atoms with Gasteiger partial charge in [-0.15, -0.1) is 0 Å². The van der Waals surface area contributed by atoms with E-state index in [9.17, 15) is 13.2 Å². The molecule has 32 heavy (non-hydrogen) atoms. The minimum Gasteiger partial charge on any atom is -0.349 e. The Hall–Kier alpha value is -3.00. The fourth-order valence-corrected chi connectivity index (χ4v) is 5.02. The van der Waals surface area contributed by atoms with Gasteiger partial charge in [0.25, 0.3) is 0 Å². The van der Waals surface area contributed by atoms with Crippen molar-refractivity contribution in [3.05, 3.63) is 54.5 Å². The van der Waals surface area contributed by atoms with Gasteiger partial charge in [-0.2, -0.15) is 0 Å². The number of hydrogen-bond donors (Lipinski definition) is 1. The van der Waals surface area contributed by atoms with Gasteiger partial charge in [0.2, 0.25) is 5.91 Å². The van der Waals surface area contributed by atoms with E-state index < -0.39 is 9.84 Å². The molecule has 1 N–H and O–H groups in total. The first-order valence-corrected chi connectivity index (χ1v) is 12.6. The molecule has 2 heterocycles. The Bertz CT molecular complexity index is 1230. The highest BCUT2D eigenvalue weighted by Crippen LogP contribution is 2.38. The number of nitrogens with one attached hydrogen (secondary N) is 1. The fraction of sp³-hybridized carbons (Fsp3) is 0.375. The van der Waals surface area contributed by atoms with Crippen LogP contribution in [0.2, 0.25) is 0 Å². The summed E-state index contributed by atoms with van der Waals surface area (Å²) in [5, 5.41) is 5.34. The number of aromatic nitrogens is 2. The van der Waals surface area contributed by atoms with Gasteiger partial charge in [0.05, 0.1) is 10.6 Å². The molecule has 0 unspecified atom stereocenters. The van der Waals surface area contributed by atoms with Crippen LogP contribution in [0.5, 0.6) is 0 Å². The lowest BCUT2D eigenvalue weighted by Gasteiger charge is -2.29. The lowest BCUT2D eigenvalue weighted by Crippen LogP contribution is -2.32. The molecule has 0 radical (unpaired) electrons. The molecule has 0 spiro atoms. The Labute approximate surface area is 188 Å². The van der Waals surface area contributed by atoms with E-state index in [4.69, 9.17) is 4.98 Å². The molecule has 0 bridgehead atoms. The van der Waals surface area contributed by atoms with Crippen molar-refractivity contribution in [2.75, 3.05) is 25.7 Å². The average molecular weight is 453 g/mol. The van der Waals surface area contributed by atoms with E-state index in [0.29, 0.717) is 11.7 Å². The highest BCUT2D eigenvalue weighted by molar-refractivity contribution is 7.90. The minimum absolute atomic E-state index is 0.102. The lowest BCUT2D eigenvalue weighted by atomic mass is 9.79. The zero-order chi connectivity index (χ0) is 22.9. The first-order valence-electron chi connectivity index (χ1n) is 10.8. The van der Waals surface area contributed by atoms with Crippen molar-refractivity contribution >= 4 is 38.0 Å². The molecule has 0 atom stereocenters. The first kappa shape index (κ1) is 22.2. The summed E-state index contributed by atoms with van der Waals surface area (Å²) in [5.41, 5.74) is 1.81. The number of amides is 1. The number of rotatable bonds is 5. The van der Waals surface area contributed by atoms with Crippen molar-refractivity contribution in [1.82, 2.24) is 14.9 Å². The topological polar surface area (TPSA) is 92.3 Å². The number of carbonyl (C=O) groups is 1. The quantitative estimate of drug-likeness (QED) is 0.626. The molecule has 1 saturated carbocycles. The van der Waals surface area contributed by atoms with Crippen LogP contribution < -0.4 is 5.32 Å². The summed E-state index contributed by atoms with van der Waals surface area (Å²) in [6, 6.07) is 10.6. The maximum Gasteiger partial charge on any atom is 0.225 e. The molecule has 8 heteroatoms. The van der Waals surface area contributed by atoms with Crippen LogP contribution in [0.25, 0.3) is 10.8 Å². The van der Waals surface area contributed by atoms with E-state index in [1.54, 1.807) is 29.2 Å². The highest BCUT2D eigenvalue weighted by atomic mass is 32.2. The van der Waals surface area contributed by atoms with E-state index in [1.807, 2.05) is 38.6 Å². The van der Waals surface area contributed by atoms with E-state index in [0.717, 1.165) is 47.8 Å². The summed E-state index contributed by atoms with van der Waals surface area (Å²) in [7, 11) is 0.404. The van der Waals surface area contributed by atoms with Gasteiger partial charge in [-0.05, 0) is 62.1 Å². The van der Waals surface area contributed by atoms with Crippen LogP contribution >= 0.6 is 0 Å². The van der Waals surface area contributed by atoms with Crippen LogP contribution in [0.4, 0.5) is 11.5 Å². The third-order valence-corrected chi connectivity index (χ3v) is 7.27. The molecule has 1 amide bonds. The molecule has 168 valence electrons.